The Bertz CT molecular complexity index is 2050. The normalized spacial score (nSPS) is 24.1. The second-order valence-corrected chi connectivity index (χ2v) is 13.3. The van der Waals surface area contributed by atoms with Crippen molar-refractivity contribution in [3.8, 4) is 11.5 Å². The van der Waals surface area contributed by atoms with Gasteiger partial charge in [-0.25, -0.2) is 4.90 Å². The van der Waals surface area contributed by atoms with Gasteiger partial charge in [0.25, 0.3) is 0 Å². The van der Waals surface area contributed by atoms with Crippen molar-refractivity contribution in [1.29, 1.82) is 0 Å². The Balaban J connectivity index is 1.54. The molecule has 0 N–H and O–H groups in total. The fourth-order valence-corrected chi connectivity index (χ4v) is 9.03. The number of methoxy groups -OCH3 is 2. The van der Waals surface area contributed by atoms with Crippen LogP contribution in [0.4, 0.5) is 5.69 Å². The molecule has 3 aliphatic rings. The Morgan fingerprint density at radius 2 is 1.00 bits per heavy atom. The molecule has 4 atom stereocenters. The molecule has 2 aliphatic carbocycles. The maximum atomic E-state index is 16.0. The SMILES string of the molecule is COc1ccc(C2=C(c3ccc(OC)cc3)[C@@]3(c4ccccc4)C(=O)[C@@]2(c2ccccc2)[C@@H]2C(=O)N(c4ccc(Cl)cc4Cl)C(=O)[C@H]23)cc1. The number of halogens is 2. The van der Waals surface area contributed by atoms with Crippen molar-refractivity contribution in [2.24, 2.45) is 11.8 Å². The highest BCUT2D eigenvalue weighted by molar-refractivity contribution is 6.42. The van der Waals surface area contributed by atoms with E-state index in [1.165, 1.54) is 11.0 Å². The fraction of sp³-hybridized carbons (Fsp3) is 0.146. The van der Waals surface area contributed by atoms with E-state index in [0.717, 1.165) is 11.1 Å². The van der Waals surface area contributed by atoms with Gasteiger partial charge in [-0.2, -0.15) is 0 Å². The van der Waals surface area contributed by atoms with Crippen molar-refractivity contribution in [3.63, 3.8) is 0 Å². The number of hydrogen-bond donors (Lipinski definition) is 0. The first-order valence-electron chi connectivity index (χ1n) is 15.8. The number of ether oxygens (including phenoxy) is 2. The second-order valence-electron chi connectivity index (χ2n) is 12.4. The lowest BCUT2D eigenvalue weighted by atomic mass is 9.59. The maximum absolute atomic E-state index is 16.0. The third-order valence-corrected chi connectivity index (χ3v) is 10.9. The number of ketones is 1. The highest BCUT2D eigenvalue weighted by Gasteiger charge is 2.82. The number of fused-ring (bicyclic) bond motifs is 5. The van der Waals surface area contributed by atoms with Crippen LogP contribution in [-0.2, 0) is 25.2 Å². The van der Waals surface area contributed by atoms with Gasteiger partial charge in [0.2, 0.25) is 11.8 Å². The molecule has 8 rings (SSSR count). The smallest absolute Gasteiger partial charge is 0.239 e. The van der Waals surface area contributed by atoms with Crippen LogP contribution >= 0.6 is 23.2 Å². The lowest BCUT2D eigenvalue weighted by Gasteiger charge is -2.39. The molecule has 1 saturated carbocycles. The number of Topliss-reactive ketones (excluding diaryl/α,β-unsaturated/α-hetero) is 1. The van der Waals surface area contributed by atoms with Crippen molar-refractivity contribution in [2.75, 3.05) is 19.1 Å². The van der Waals surface area contributed by atoms with Crippen LogP contribution in [-0.4, -0.2) is 31.8 Å². The van der Waals surface area contributed by atoms with E-state index in [4.69, 9.17) is 32.7 Å². The molecule has 242 valence electrons. The lowest BCUT2D eigenvalue weighted by molar-refractivity contribution is -0.130. The largest absolute Gasteiger partial charge is 0.497 e. The van der Waals surface area contributed by atoms with E-state index in [1.54, 1.807) is 26.4 Å². The van der Waals surface area contributed by atoms with Crippen molar-refractivity contribution in [1.82, 2.24) is 0 Å². The molecular formula is C41H29Cl2NO5. The van der Waals surface area contributed by atoms with E-state index < -0.39 is 34.5 Å². The Kier molecular flexibility index (Phi) is 7.28. The molecule has 2 bridgehead atoms. The Hall–Kier alpha value is -5.17. The molecular weight excluding hydrogens is 657 g/mol. The van der Waals surface area contributed by atoms with E-state index in [2.05, 4.69) is 0 Å². The summed E-state index contributed by atoms with van der Waals surface area (Å²) in [5, 5.41) is 0.532. The van der Waals surface area contributed by atoms with E-state index in [1.807, 2.05) is 109 Å². The first-order valence-corrected chi connectivity index (χ1v) is 16.6. The highest BCUT2D eigenvalue weighted by atomic mass is 35.5. The molecule has 0 unspecified atom stereocenters. The molecule has 49 heavy (non-hydrogen) atoms. The number of carbonyl (C=O) groups is 3. The Morgan fingerprint density at radius 1 is 0.571 bits per heavy atom. The van der Waals surface area contributed by atoms with Crippen LogP contribution < -0.4 is 14.4 Å². The molecule has 0 aromatic heterocycles. The summed E-state index contributed by atoms with van der Waals surface area (Å²) in [7, 11) is 3.19. The summed E-state index contributed by atoms with van der Waals surface area (Å²) < 4.78 is 11.0. The third-order valence-electron chi connectivity index (χ3n) is 10.4. The number of imide groups is 1. The zero-order valence-corrected chi connectivity index (χ0v) is 28.0. The van der Waals surface area contributed by atoms with Crippen LogP contribution in [0.2, 0.25) is 10.0 Å². The van der Waals surface area contributed by atoms with Gasteiger partial charge in [0.05, 0.1) is 47.6 Å². The topological polar surface area (TPSA) is 72.9 Å². The molecule has 0 radical (unpaired) electrons. The minimum Gasteiger partial charge on any atom is -0.497 e. The maximum Gasteiger partial charge on any atom is 0.239 e. The van der Waals surface area contributed by atoms with Crippen LogP contribution in [0.25, 0.3) is 11.1 Å². The minimum absolute atomic E-state index is 0.161. The zero-order valence-electron chi connectivity index (χ0n) is 26.5. The summed E-state index contributed by atoms with van der Waals surface area (Å²) in [6.07, 6.45) is 0. The molecule has 5 aromatic carbocycles. The van der Waals surface area contributed by atoms with E-state index in [-0.39, 0.29) is 16.5 Å². The van der Waals surface area contributed by atoms with Gasteiger partial charge in [0.15, 0.2) is 5.78 Å². The van der Waals surface area contributed by atoms with E-state index >= 15 is 14.4 Å². The van der Waals surface area contributed by atoms with Crippen molar-refractivity contribution >= 4 is 57.6 Å². The Morgan fingerprint density at radius 3 is 1.39 bits per heavy atom. The van der Waals surface area contributed by atoms with Crippen LogP contribution in [0.5, 0.6) is 11.5 Å². The molecule has 2 amide bonds. The standard InChI is InChI=1S/C41H29Cl2NO5/c1-48-29-18-13-24(14-19-29)33-34(25-15-20-30(49-2)21-16-25)41(27-11-7-4-8-12-27)36-35(40(33,39(41)47)26-9-5-3-6-10-26)37(45)44(38(36)46)32-22-17-28(42)23-31(32)43/h3-23,35-36H,1-2H3/t35-,36-,40+,41+/m0/s1. The summed E-state index contributed by atoms with van der Waals surface area (Å²) >= 11 is 12.9. The van der Waals surface area contributed by atoms with Gasteiger partial charge in [-0.3, -0.25) is 14.4 Å². The number of anilines is 1. The predicted molar refractivity (Wildman–Crippen MR) is 190 cm³/mol. The van der Waals surface area contributed by atoms with Gasteiger partial charge in [-0.15, -0.1) is 0 Å². The number of hydrogen-bond acceptors (Lipinski definition) is 5. The summed E-state index contributed by atoms with van der Waals surface area (Å²) in [5.41, 5.74) is 1.22. The highest BCUT2D eigenvalue weighted by Crippen LogP contribution is 2.74. The van der Waals surface area contributed by atoms with Gasteiger partial charge >= 0.3 is 0 Å². The fourth-order valence-electron chi connectivity index (χ4n) is 8.54. The van der Waals surface area contributed by atoms with Crippen LogP contribution in [0, 0.1) is 11.8 Å². The molecule has 5 aromatic rings. The Labute approximate surface area is 293 Å². The number of benzene rings is 5. The number of carbonyl (C=O) groups excluding carboxylic acids is 3. The first-order chi connectivity index (χ1) is 23.8. The minimum atomic E-state index is -1.55. The first kappa shape index (κ1) is 31.1. The summed E-state index contributed by atoms with van der Waals surface area (Å²) in [6, 6.07) is 38.5. The van der Waals surface area contributed by atoms with Gasteiger partial charge in [0.1, 0.15) is 11.5 Å². The van der Waals surface area contributed by atoms with Crippen molar-refractivity contribution in [2.45, 2.75) is 10.8 Å². The molecule has 1 aliphatic heterocycles. The van der Waals surface area contributed by atoms with Gasteiger partial charge < -0.3 is 9.47 Å². The van der Waals surface area contributed by atoms with Crippen molar-refractivity contribution < 1.29 is 23.9 Å². The number of amides is 2. The molecule has 1 saturated heterocycles. The van der Waals surface area contributed by atoms with Crippen LogP contribution in [0.3, 0.4) is 0 Å². The molecule has 0 spiro atoms. The molecule has 6 nitrogen and oxygen atoms in total. The zero-order chi connectivity index (χ0) is 34.1. The van der Waals surface area contributed by atoms with Crippen LogP contribution in [0.1, 0.15) is 22.3 Å². The monoisotopic (exact) mass is 685 g/mol. The van der Waals surface area contributed by atoms with Gasteiger partial charge in [-0.1, -0.05) is 108 Å². The molecule has 8 heteroatoms. The third kappa shape index (κ3) is 4.11. The quantitative estimate of drug-likeness (QED) is 0.162. The average Bonchev–Trinajstić information content (AvgIpc) is 3.64. The molecule has 1 heterocycles. The predicted octanol–water partition coefficient (Wildman–Crippen LogP) is 8.20. The van der Waals surface area contributed by atoms with Crippen LogP contribution in [0.15, 0.2) is 127 Å². The second kappa shape index (κ2) is 11.5. The number of allylic oxidation sites excluding steroid dienone is 2. The summed E-state index contributed by atoms with van der Waals surface area (Å²) in [4.78, 5) is 47.5. The van der Waals surface area contributed by atoms with E-state index in [9.17, 15) is 0 Å². The number of nitrogens with zero attached hydrogens (tertiary/aromatic N) is 1. The lowest BCUT2D eigenvalue weighted by Crippen LogP contribution is -2.45. The van der Waals surface area contributed by atoms with Gasteiger partial charge in [-0.05, 0) is 75.9 Å². The molecule has 2 fully saturated rings. The van der Waals surface area contributed by atoms with Crippen molar-refractivity contribution in [3.05, 3.63) is 160 Å². The summed E-state index contributed by atoms with van der Waals surface area (Å²) in [6.45, 7) is 0. The average molecular weight is 687 g/mol. The number of rotatable bonds is 7. The van der Waals surface area contributed by atoms with Gasteiger partial charge in [0, 0.05) is 5.02 Å². The van der Waals surface area contributed by atoms with E-state index in [0.29, 0.717) is 38.8 Å². The summed E-state index contributed by atoms with van der Waals surface area (Å²) in [5.74, 6) is -2.08.